The van der Waals surface area contributed by atoms with Gasteiger partial charge in [-0.1, -0.05) is 28.1 Å². The summed E-state index contributed by atoms with van der Waals surface area (Å²) in [6.45, 7) is 1.02. The highest BCUT2D eigenvalue weighted by atomic mass is 79.9. The van der Waals surface area contributed by atoms with Crippen molar-refractivity contribution in [2.45, 2.75) is 12.8 Å². The molecule has 16 heavy (non-hydrogen) atoms. The molecule has 0 aliphatic rings. The van der Waals surface area contributed by atoms with E-state index in [2.05, 4.69) is 39.5 Å². The quantitative estimate of drug-likeness (QED) is 0.640. The Morgan fingerprint density at radius 2 is 2.19 bits per heavy atom. The molecule has 0 aromatic heterocycles. The van der Waals surface area contributed by atoms with Gasteiger partial charge in [0.2, 0.25) is 0 Å². The maximum Gasteiger partial charge on any atom is 0.122 e. The van der Waals surface area contributed by atoms with Gasteiger partial charge in [0, 0.05) is 4.47 Å². The van der Waals surface area contributed by atoms with Gasteiger partial charge in [0.1, 0.15) is 5.75 Å². The molecule has 0 amide bonds. The van der Waals surface area contributed by atoms with Gasteiger partial charge >= 0.3 is 0 Å². The molecule has 1 N–H and O–H groups in total. The Kier molecular flexibility index (Phi) is 6.19. The minimum Gasteiger partial charge on any atom is -0.496 e. The van der Waals surface area contributed by atoms with Crippen molar-refractivity contribution in [2.24, 2.45) is 0 Å². The van der Waals surface area contributed by atoms with Crippen LogP contribution in [0.15, 0.2) is 34.8 Å². The first-order chi connectivity index (χ1) is 7.77. The number of benzene rings is 1. The molecule has 0 saturated heterocycles. The van der Waals surface area contributed by atoms with Gasteiger partial charge in [-0.25, -0.2) is 0 Å². The Bertz CT molecular complexity index is 350. The highest BCUT2D eigenvalue weighted by Gasteiger charge is 2.01. The zero-order valence-electron chi connectivity index (χ0n) is 9.79. The van der Waals surface area contributed by atoms with Gasteiger partial charge in [-0.2, -0.15) is 0 Å². The van der Waals surface area contributed by atoms with E-state index in [1.807, 2.05) is 19.2 Å². The lowest BCUT2D eigenvalue weighted by Crippen LogP contribution is -2.05. The van der Waals surface area contributed by atoms with Gasteiger partial charge in [-0.15, -0.1) is 0 Å². The number of allylic oxidation sites excluding steroid dienone is 1. The summed E-state index contributed by atoms with van der Waals surface area (Å²) in [6, 6.07) is 6.08. The molecule has 88 valence electrons. The van der Waals surface area contributed by atoms with Gasteiger partial charge in [0.05, 0.1) is 7.11 Å². The highest BCUT2D eigenvalue weighted by molar-refractivity contribution is 9.10. The second-order valence-corrected chi connectivity index (χ2v) is 4.44. The number of halogens is 1. The zero-order valence-corrected chi connectivity index (χ0v) is 11.4. The molecule has 0 bridgehead atoms. The first kappa shape index (κ1) is 13.3. The van der Waals surface area contributed by atoms with Crippen molar-refractivity contribution >= 4 is 15.9 Å². The van der Waals surface area contributed by atoms with Crippen LogP contribution < -0.4 is 10.1 Å². The Hall–Kier alpha value is -0.800. The maximum absolute atomic E-state index is 5.31. The van der Waals surface area contributed by atoms with Crippen molar-refractivity contribution in [1.82, 2.24) is 5.32 Å². The van der Waals surface area contributed by atoms with E-state index < -0.39 is 0 Å². The molecule has 2 nitrogen and oxygen atoms in total. The summed E-state index contributed by atoms with van der Waals surface area (Å²) in [5, 5.41) is 3.11. The van der Waals surface area contributed by atoms with Gasteiger partial charge in [-0.05, 0) is 50.2 Å². The van der Waals surface area contributed by atoms with E-state index in [4.69, 9.17) is 4.74 Å². The lowest BCUT2D eigenvalue weighted by Gasteiger charge is -2.06. The van der Waals surface area contributed by atoms with Crippen LogP contribution in [0.3, 0.4) is 0 Å². The summed E-state index contributed by atoms with van der Waals surface area (Å²) in [6.07, 6.45) is 6.34. The molecule has 0 unspecified atom stereocenters. The van der Waals surface area contributed by atoms with E-state index in [0.717, 1.165) is 29.6 Å². The van der Waals surface area contributed by atoms with Crippen molar-refractivity contribution in [2.75, 3.05) is 20.7 Å². The minimum atomic E-state index is 0.909. The molecular formula is C13H18BrNO. The third kappa shape index (κ3) is 4.37. The predicted molar refractivity (Wildman–Crippen MR) is 72.1 cm³/mol. The molecule has 0 aliphatic carbocycles. The van der Waals surface area contributed by atoms with E-state index in [-0.39, 0.29) is 0 Å². The second kappa shape index (κ2) is 7.47. The Morgan fingerprint density at radius 1 is 1.38 bits per heavy atom. The third-order valence-electron chi connectivity index (χ3n) is 2.31. The Balaban J connectivity index is 2.58. The molecule has 0 radical (unpaired) electrons. The van der Waals surface area contributed by atoms with Crippen molar-refractivity contribution < 1.29 is 4.74 Å². The number of ether oxygens (including phenoxy) is 1. The van der Waals surface area contributed by atoms with Crippen LogP contribution in [0.2, 0.25) is 0 Å². The molecule has 0 saturated carbocycles. The molecule has 0 fully saturated rings. The number of rotatable bonds is 6. The van der Waals surface area contributed by atoms with Crippen LogP contribution in [-0.2, 0) is 6.42 Å². The predicted octanol–water partition coefficient (Wildman–Crippen LogP) is 3.17. The number of methoxy groups -OCH3 is 1. The van der Waals surface area contributed by atoms with Crippen molar-refractivity contribution in [3.63, 3.8) is 0 Å². The number of hydrogen-bond donors (Lipinski definition) is 1. The molecule has 3 heteroatoms. The van der Waals surface area contributed by atoms with Crippen molar-refractivity contribution in [3.8, 4) is 5.75 Å². The van der Waals surface area contributed by atoms with Crippen molar-refractivity contribution in [1.29, 1.82) is 0 Å². The summed E-state index contributed by atoms with van der Waals surface area (Å²) < 4.78 is 6.40. The first-order valence-corrected chi connectivity index (χ1v) is 6.19. The lowest BCUT2D eigenvalue weighted by molar-refractivity contribution is 0.410. The number of hydrogen-bond acceptors (Lipinski definition) is 2. The fraction of sp³-hybridized carbons (Fsp3) is 0.385. The molecule has 1 rings (SSSR count). The summed E-state index contributed by atoms with van der Waals surface area (Å²) >= 11 is 3.47. The van der Waals surface area contributed by atoms with E-state index >= 15 is 0 Å². The summed E-state index contributed by atoms with van der Waals surface area (Å²) in [4.78, 5) is 0. The maximum atomic E-state index is 5.31. The third-order valence-corrected chi connectivity index (χ3v) is 2.80. The fourth-order valence-corrected chi connectivity index (χ4v) is 1.87. The van der Waals surface area contributed by atoms with Gasteiger partial charge in [0.25, 0.3) is 0 Å². The van der Waals surface area contributed by atoms with Crippen LogP contribution in [0.5, 0.6) is 5.75 Å². The van der Waals surface area contributed by atoms with Crippen LogP contribution in [0.4, 0.5) is 0 Å². The fourth-order valence-electron chi connectivity index (χ4n) is 1.46. The van der Waals surface area contributed by atoms with E-state index in [1.54, 1.807) is 7.11 Å². The normalized spacial score (nSPS) is 10.9. The minimum absolute atomic E-state index is 0.909. The average Bonchev–Trinajstić information content (AvgIpc) is 2.29. The Labute approximate surface area is 106 Å². The van der Waals surface area contributed by atoms with Gasteiger partial charge < -0.3 is 10.1 Å². The monoisotopic (exact) mass is 283 g/mol. The van der Waals surface area contributed by atoms with E-state index in [0.29, 0.717) is 0 Å². The smallest absolute Gasteiger partial charge is 0.122 e. The molecule has 0 spiro atoms. The van der Waals surface area contributed by atoms with Crippen LogP contribution in [-0.4, -0.2) is 20.7 Å². The van der Waals surface area contributed by atoms with E-state index in [1.165, 1.54) is 5.56 Å². The topological polar surface area (TPSA) is 21.3 Å². The Morgan fingerprint density at radius 3 is 2.88 bits per heavy atom. The summed E-state index contributed by atoms with van der Waals surface area (Å²) in [5.74, 6) is 0.946. The molecular weight excluding hydrogens is 266 g/mol. The average molecular weight is 284 g/mol. The summed E-state index contributed by atoms with van der Waals surface area (Å²) in [7, 11) is 3.67. The van der Waals surface area contributed by atoms with E-state index in [9.17, 15) is 0 Å². The van der Waals surface area contributed by atoms with Crippen LogP contribution >= 0.6 is 15.9 Å². The standard InChI is InChI=1S/C13H18BrNO/c1-15-9-5-3-4-6-11-10-12(14)7-8-13(11)16-2/h3-4,7-8,10,15H,5-6,9H2,1-2H3. The number of nitrogens with one attached hydrogen (secondary N) is 1. The molecule has 0 aliphatic heterocycles. The first-order valence-electron chi connectivity index (χ1n) is 5.40. The molecule has 1 aromatic rings. The second-order valence-electron chi connectivity index (χ2n) is 3.52. The van der Waals surface area contributed by atoms with Gasteiger partial charge in [-0.3, -0.25) is 0 Å². The highest BCUT2D eigenvalue weighted by Crippen LogP contribution is 2.23. The molecule has 0 atom stereocenters. The SMILES string of the molecule is CNCCC=CCc1cc(Br)ccc1OC. The van der Waals surface area contributed by atoms with Gasteiger partial charge in [0.15, 0.2) is 0 Å². The van der Waals surface area contributed by atoms with Crippen LogP contribution in [0, 0.1) is 0 Å². The lowest BCUT2D eigenvalue weighted by atomic mass is 10.1. The largest absolute Gasteiger partial charge is 0.496 e. The summed E-state index contributed by atoms with van der Waals surface area (Å²) in [5.41, 5.74) is 1.21. The zero-order chi connectivity index (χ0) is 11.8. The molecule has 1 aromatic carbocycles. The molecule has 0 heterocycles. The van der Waals surface area contributed by atoms with Crippen LogP contribution in [0.25, 0.3) is 0 Å². The van der Waals surface area contributed by atoms with Crippen LogP contribution in [0.1, 0.15) is 12.0 Å². The van der Waals surface area contributed by atoms with Crippen molar-refractivity contribution in [3.05, 3.63) is 40.4 Å².